The molecule has 0 aromatic rings. The van der Waals surface area contributed by atoms with Crippen molar-refractivity contribution < 1.29 is 0 Å². The molecule has 4 nitrogen and oxygen atoms in total. The molecular formula is C14H30N4S. The molecule has 1 saturated carbocycles. The van der Waals surface area contributed by atoms with Crippen LogP contribution in [0.2, 0.25) is 0 Å². The van der Waals surface area contributed by atoms with Gasteiger partial charge in [0.25, 0.3) is 0 Å². The number of likely N-dealkylation sites (N-methyl/N-ethyl adjacent to an activating group) is 1. The van der Waals surface area contributed by atoms with E-state index in [2.05, 4.69) is 54.7 Å². The van der Waals surface area contributed by atoms with Crippen molar-refractivity contribution in [2.24, 2.45) is 4.99 Å². The molecule has 112 valence electrons. The summed E-state index contributed by atoms with van der Waals surface area (Å²) >= 11 is 1.99. The predicted molar refractivity (Wildman–Crippen MR) is 87.2 cm³/mol. The molecule has 19 heavy (non-hydrogen) atoms. The lowest BCUT2D eigenvalue weighted by molar-refractivity contribution is 0.197. The van der Waals surface area contributed by atoms with Crippen molar-refractivity contribution in [1.29, 1.82) is 0 Å². The van der Waals surface area contributed by atoms with E-state index in [-0.39, 0.29) is 5.54 Å². The summed E-state index contributed by atoms with van der Waals surface area (Å²) in [7, 11) is 6.06. The minimum atomic E-state index is 0.120. The first-order chi connectivity index (χ1) is 8.89. The van der Waals surface area contributed by atoms with Crippen molar-refractivity contribution >= 4 is 17.7 Å². The van der Waals surface area contributed by atoms with Crippen molar-refractivity contribution in [2.45, 2.75) is 49.9 Å². The van der Waals surface area contributed by atoms with Crippen LogP contribution in [0.5, 0.6) is 0 Å². The van der Waals surface area contributed by atoms with Crippen LogP contribution in [0, 0.1) is 0 Å². The van der Waals surface area contributed by atoms with Gasteiger partial charge in [-0.2, -0.15) is 11.8 Å². The molecule has 1 aliphatic carbocycles. The predicted octanol–water partition coefficient (Wildman–Crippen LogP) is 1.78. The van der Waals surface area contributed by atoms with Crippen LogP contribution in [0.25, 0.3) is 0 Å². The van der Waals surface area contributed by atoms with Crippen LogP contribution in [0.3, 0.4) is 0 Å². The third-order valence-electron chi connectivity index (χ3n) is 4.18. The van der Waals surface area contributed by atoms with Crippen molar-refractivity contribution in [3.63, 3.8) is 0 Å². The Bertz CT molecular complexity index is 302. The minimum Gasteiger partial charge on any atom is -0.355 e. The lowest BCUT2D eigenvalue weighted by Gasteiger charge is -2.33. The van der Waals surface area contributed by atoms with E-state index >= 15 is 0 Å². The largest absolute Gasteiger partial charge is 0.355 e. The summed E-state index contributed by atoms with van der Waals surface area (Å²) in [6.45, 7) is 5.34. The second-order valence-corrected chi connectivity index (χ2v) is 7.28. The van der Waals surface area contributed by atoms with Crippen molar-refractivity contribution in [3.05, 3.63) is 0 Å². The molecule has 0 radical (unpaired) electrons. The Morgan fingerprint density at radius 3 is 2.53 bits per heavy atom. The van der Waals surface area contributed by atoms with Gasteiger partial charge < -0.3 is 15.5 Å². The maximum Gasteiger partial charge on any atom is 0.191 e. The first-order valence-electron chi connectivity index (χ1n) is 7.06. The van der Waals surface area contributed by atoms with E-state index < -0.39 is 0 Å². The summed E-state index contributed by atoms with van der Waals surface area (Å²) in [5.41, 5.74) is 0.120. The molecule has 1 fully saturated rings. The second-order valence-electron chi connectivity index (χ2n) is 6.14. The Hall–Kier alpha value is -0.420. The Kier molecular flexibility index (Phi) is 6.47. The lowest BCUT2D eigenvalue weighted by Crippen LogP contribution is -2.52. The summed E-state index contributed by atoms with van der Waals surface area (Å²) in [6.07, 6.45) is 6.03. The van der Waals surface area contributed by atoms with Gasteiger partial charge in [0.1, 0.15) is 0 Å². The average Bonchev–Trinajstić information content (AvgIpc) is 2.81. The maximum absolute atomic E-state index is 4.33. The minimum absolute atomic E-state index is 0.120. The van der Waals surface area contributed by atoms with Crippen LogP contribution in [-0.2, 0) is 0 Å². The fraction of sp³-hybridized carbons (Fsp3) is 0.929. The number of thioether (sulfide) groups is 1. The maximum atomic E-state index is 4.33. The average molecular weight is 286 g/mol. The molecule has 2 atom stereocenters. The molecule has 5 heteroatoms. The SMILES string of the molecule is CN=C(NCC(C)(C)N(C)C)NC1CCC(SC)C1. The van der Waals surface area contributed by atoms with E-state index in [4.69, 9.17) is 0 Å². The van der Waals surface area contributed by atoms with Crippen molar-refractivity contribution in [2.75, 3.05) is 33.9 Å². The van der Waals surface area contributed by atoms with Crippen LogP contribution < -0.4 is 10.6 Å². The molecule has 2 N–H and O–H groups in total. The molecular weight excluding hydrogens is 256 g/mol. The fourth-order valence-corrected chi connectivity index (χ4v) is 2.93. The Morgan fingerprint density at radius 1 is 1.37 bits per heavy atom. The summed E-state index contributed by atoms with van der Waals surface area (Å²) < 4.78 is 0. The summed E-state index contributed by atoms with van der Waals surface area (Å²) in [5.74, 6) is 0.932. The van der Waals surface area contributed by atoms with E-state index in [1.165, 1.54) is 19.3 Å². The highest BCUT2D eigenvalue weighted by Crippen LogP contribution is 2.27. The number of hydrogen-bond donors (Lipinski definition) is 2. The molecule has 0 aliphatic heterocycles. The summed E-state index contributed by atoms with van der Waals surface area (Å²) in [6, 6.07) is 0.575. The molecule has 0 heterocycles. The van der Waals surface area contributed by atoms with E-state index in [1.807, 2.05) is 18.8 Å². The second kappa shape index (κ2) is 7.39. The number of nitrogens with one attached hydrogen (secondary N) is 2. The zero-order valence-corrected chi connectivity index (χ0v) is 14.1. The third kappa shape index (κ3) is 5.22. The third-order valence-corrected chi connectivity index (χ3v) is 5.28. The molecule has 1 rings (SSSR count). The van der Waals surface area contributed by atoms with E-state index in [0.717, 1.165) is 17.8 Å². The Balaban J connectivity index is 2.39. The normalized spacial score (nSPS) is 24.9. The number of aliphatic imine (C=N–C) groups is 1. The Morgan fingerprint density at radius 2 is 2.05 bits per heavy atom. The lowest BCUT2D eigenvalue weighted by atomic mass is 10.0. The van der Waals surface area contributed by atoms with Gasteiger partial charge in [-0.1, -0.05) is 0 Å². The molecule has 2 unspecified atom stereocenters. The number of nitrogens with zero attached hydrogens (tertiary/aromatic N) is 2. The zero-order chi connectivity index (χ0) is 14.5. The molecule has 0 aromatic heterocycles. The zero-order valence-electron chi connectivity index (χ0n) is 13.3. The molecule has 0 aromatic carbocycles. The van der Waals surface area contributed by atoms with Gasteiger partial charge in [-0.15, -0.1) is 0 Å². The topological polar surface area (TPSA) is 39.7 Å². The van der Waals surface area contributed by atoms with Crippen molar-refractivity contribution in [1.82, 2.24) is 15.5 Å². The molecule has 0 amide bonds. The Labute approximate surface area is 122 Å². The van der Waals surface area contributed by atoms with E-state index in [1.54, 1.807) is 0 Å². The molecule has 0 bridgehead atoms. The van der Waals surface area contributed by atoms with E-state index in [0.29, 0.717) is 6.04 Å². The van der Waals surface area contributed by atoms with Gasteiger partial charge in [-0.05, 0) is 53.5 Å². The van der Waals surface area contributed by atoms with Gasteiger partial charge in [0, 0.05) is 30.4 Å². The van der Waals surface area contributed by atoms with Gasteiger partial charge in [0.15, 0.2) is 5.96 Å². The first kappa shape index (κ1) is 16.6. The fourth-order valence-electron chi connectivity index (χ4n) is 2.13. The van der Waals surface area contributed by atoms with Gasteiger partial charge in [0.05, 0.1) is 0 Å². The monoisotopic (exact) mass is 286 g/mol. The summed E-state index contributed by atoms with van der Waals surface area (Å²) in [5, 5.41) is 7.80. The van der Waals surface area contributed by atoms with Gasteiger partial charge >= 0.3 is 0 Å². The molecule has 0 spiro atoms. The first-order valence-corrected chi connectivity index (χ1v) is 8.35. The quantitative estimate of drug-likeness (QED) is 0.597. The van der Waals surface area contributed by atoms with Crippen LogP contribution in [-0.4, -0.2) is 61.6 Å². The summed E-state index contributed by atoms with van der Waals surface area (Å²) in [4.78, 5) is 6.56. The molecule has 0 saturated heterocycles. The van der Waals surface area contributed by atoms with Crippen molar-refractivity contribution in [3.8, 4) is 0 Å². The smallest absolute Gasteiger partial charge is 0.191 e. The van der Waals surface area contributed by atoms with E-state index in [9.17, 15) is 0 Å². The molecule has 1 aliphatic rings. The van der Waals surface area contributed by atoms with Gasteiger partial charge in [-0.25, -0.2) is 0 Å². The number of rotatable bonds is 5. The highest BCUT2D eigenvalue weighted by molar-refractivity contribution is 7.99. The van der Waals surface area contributed by atoms with Crippen LogP contribution >= 0.6 is 11.8 Å². The highest BCUT2D eigenvalue weighted by atomic mass is 32.2. The van der Waals surface area contributed by atoms with Crippen LogP contribution in [0.15, 0.2) is 4.99 Å². The standard InChI is InChI=1S/C14H30N4S/c1-14(2,18(4)5)10-16-13(15-3)17-11-7-8-12(9-11)19-6/h11-12H,7-10H2,1-6H3,(H2,15,16,17). The number of hydrogen-bond acceptors (Lipinski definition) is 3. The highest BCUT2D eigenvalue weighted by Gasteiger charge is 2.25. The van der Waals surface area contributed by atoms with Crippen LogP contribution in [0.1, 0.15) is 33.1 Å². The van der Waals surface area contributed by atoms with Gasteiger partial charge in [-0.3, -0.25) is 4.99 Å². The van der Waals surface area contributed by atoms with Gasteiger partial charge in [0.2, 0.25) is 0 Å². The van der Waals surface area contributed by atoms with Crippen LogP contribution in [0.4, 0.5) is 0 Å². The number of guanidine groups is 1.